The van der Waals surface area contributed by atoms with Gasteiger partial charge in [0.1, 0.15) is 6.33 Å². The molecule has 0 fully saturated rings. The SMILES string of the molecule is Cc1cc(-c2nc(-c3ncn[nH]3)no2)c2ccccc2n1. The Labute approximate surface area is 119 Å². The highest BCUT2D eigenvalue weighted by Gasteiger charge is 2.15. The molecule has 0 saturated heterocycles. The molecule has 102 valence electrons. The number of nitrogens with zero attached hydrogens (tertiary/aromatic N) is 5. The first kappa shape index (κ1) is 11.7. The maximum Gasteiger partial charge on any atom is 0.259 e. The molecule has 4 aromatic rings. The molecule has 3 aromatic heterocycles. The number of fused-ring (bicyclic) bond motifs is 1. The van der Waals surface area contributed by atoms with E-state index in [2.05, 4.69) is 30.3 Å². The molecular weight excluding hydrogens is 268 g/mol. The number of hydrogen-bond acceptors (Lipinski definition) is 6. The van der Waals surface area contributed by atoms with E-state index in [-0.39, 0.29) is 0 Å². The Morgan fingerprint density at radius 1 is 1.14 bits per heavy atom. The second kappa shape index (κ2) is 4.48. The molecule has 21 heavy (non-hydrogen) atoms. The van der Waals surface area contributed by atoms with Gasteiger partial charge in [-0.3, -0.25) is 10.1 Å². The van der Waals surface area contributed by atoms with E-state index in [0.717, 1.165) is 22.2 Å². The Kier molecular flexibility index (Phi) is 2.50. The van der Waals surface area contributed by atoms with Crippen LogP contribution < -0.4 is 0 Å². The number of aromatic amines is 1. The van der Waals surface area contributed by atoms with Crippen LogP contribution in [0.5, 0.6) is 0 Å². The Morgan fingerprint density at radius 2 is 2.05 bits per heavy atom. The fourth-order valence-corrected chi connectivity index (χ4v) is 2.23. The first-order chi connectivity index (χ1) is 10.3. The molecule has 0 unspecified atom stereocenters. The minimum atomic E-state index is 0.376. The van der Waals surface area contributed by atoms with Crippen molar-refractivity contribution in [2.45, 2.75) is 6.92 Å². The number of para-hydroxylation sites is 1. The topological polar surface area (TPSA) is 93.4 Å². The highest BCUT2D eigenvalue weighted by atomic mass is 16.5. The molecule has 0 bridgehead atoms. The van der Waals surface area contributed by atoms with E-state index in [9.17, 15) is 0 Å². The highest BCUT2D eigenvalue weighted by Crippen LogP contribution is 2.28. The highest BCUT2D eigenvalue weighted by molar-refractivity contribution is 5.92. The summed E-state index contributed by atoms with van der Waals surface area (Å²) in [6, 6.07) is 9.78. The van der Waals surface area contributed by atoms with Crippen LogP contribution in [0.3, 0.4) is 0 Å². The van der Waals surface area contributed by atoms with Crippen LogP contribution in [0.1, 0.15) is 5.69 Å². The maximum absolute atomic E-state index is 5.36. The molecule has 1 N–H and O–H groups in total. The number of aromatic nitrogens is 6. The quantitative estimate of drug-likeness (QED) is 0.605. The van der Waals surface area contributed by atoms with Gasteiger partial charge in [0, 0.05) is 11.1 Å². The van der Waals surface area contributed by atoms with Crippen LogP contribution in [0, 0.1) is 6.92 Å². The monoisotopic (exact) mass is 278 g/mol. The molecule has 0 atom stereocenters. The fourth-order valence-electron chi connectivity index (χ4n) is 2.23. The molecular formula is C14H10N6O. The summed E-state index contributed by atoms with van der Waals surface area (Å²) in [7, 11) is 0. The van der Waals surface area contributed by atoms with Gasteiger partial charge < -0.3 is 4.52 Å². The van der Waals surface area contributed by atoms with Gasteiger partial charge in [0.15, 0.2) is 5.82 Å². The normalized spacial score (nSPS) is 11.1. The van der Waals surface area contributed by atoms with E-state index >= 15 is 0 Å². The minimum absolute atomic E-state index is 0.376. The second-order valence-electron chi connectivity index (χ2n) is 4.59. The van der Waals surface area contributed by atoms with E-state index in [1.54, 1.807) is 0 Å². The van der Waals surface area contributed by atoms with Crippen LogP contribution in [0.2, 0.25) is 0 Å². The Hall–Kier alpha value is -3.09. The number of hydrogen-bond donors (Lipinski definition) is 1. The number of H-pyrrole nitrogens is 1. The lowest BCUT2D eigenvalue weighted by Crippen LogP contribution is -1.89. The predicted molar refractivity (Wildman–Crippen MR) is 75.1 cm³/mol. The third kappa shape index (κ3) is 1.95. The Balaban J connectivity index is 1.91. The summed E-state index contributed by atoms with van der Waals surface area (Å²) in [6.07, 6.45) is 1.40. The summed E-state index contributed by atoms with van der Waals surface area (Å²) in [4.78, 5) is 12.9. The first-order valence-corrected chi connectivity index (χ1v) is 6.37. The van der Waals surface area contributed by atoms with Crippen molar-refractivity contribution in [2.24, 2.45) is 0 Å². The molecule has 0 radical (unpaired) electrons. The van der Waals surface area contributed by atoms with Crippen molar-refractivity contribution in [3.05, 3.63) is 42.4 Å². The summed E-state index contributed by atoms with van der Waals surface area (Å²) >= 11 is 0. The van der Waals surface area contributed by atoms with Crippen molar-refractivity contribution < 1.29 is 4.52 Å². The van der Waals surface area contributed by atoms with Gasteiger partial charge in [0.25, 0.3) is 5.89 Å². The number of nitrogens with one attached hydrogen (secondary N) is 1. The molecule has 3 heterocycles. The maximum atomic E-state index is 5.36. The second-order valence-corrected chi connectivity index (χ2v) is 4.59. The fraction of sp³-hybridized carbons (Fsp3) is 0.0714. The summed E-state index contributed by atoms with van der Waals surface area (Å²) in [5, 5.41) is 11.4. The van der Waals surface area contributed by atoms with Crippen molar-refractivity contribution in [1.29, 1.82) is 0 Å². The van der Waals surface area contributed by atoms with Gasteiger partial charge in [0.05, 0.1) is 11.1 Å². The van der Waals surface area contributed by atoms with Crippen molar-refractivity contribution in [3.63, 3.8) is 0 Å². The van der Waals surface area contributed by atoms with E-state index in [1.165, 1.54) is 6.33 Å². The zero-order valence-corrected chi connectivity index (χ0v) is 11.1. The van der Waals surface area contributed by atoms with Crippen molar-refractivity contribution in [3.8, 4) is 23.1 Å². The minimum Gasteiger partial charge on any atom is -0.333 e. The van der Waals surface area contributed by atoms with E-state index in [4.69, 9.17) is 4.52 Å². The van der Waals surface area contributed by atoms with Crippen molar-refractivity contribution in [2.75, 3.05) is 0 Å². The molecule has 7 heteroatoms. The average molecular weight is 278 g/mol. The van der Waals surface area contributed by atoms with Crippen LogP contribution >= 0.6 is 0 Å². The van der Waals surface area contributed by atoms with Gasteiger partial charge in [-0.2, -0.15) is 10.1 Å². The Bertz CT molecular complexity index is 912. The van der Waals surface area contributed by atoms with Crippen LogP contribution in [-0.2, 0) is 0 Å². The number of pyridine rings is 1. The van der Waals surface area contributed by atoms with Crippen LogP contribution in [-0.4, -0.2) is 30.3 Å². The van der Waals surface area contributed by atoms with Gasteiger partial charge in [-0.05, 0) is 19.1 Å². The third-order valence-electron chi connectivity index (χ3n) is 3.13. The van der Waals surface area contributed by atoms with Gasteiger partial charge in [-0.25, -0.2) is 4.98 Å². The average Bonchev–Trinajstić information content (AvgIpc) is 3.17. The number of aryl methyl sites for hydroxylation is 1. The molecule has 1 aromatic carbocycles. The van der Waals surface area contributed by atoms with Crippen molar-refractivity contribution >= 4 is 10.9 Å². The molecule has 0 aliphatic rings. The molecule has 0 spiro atoms. The first-order valence-electron chi connectivity index (χ1n) is 6.37. The smallest absolute Gasteiger partial charge is 0.259 e. The van der Waals surface area contributed by atoms with Gasteiger partial charge in [0.2, 0.25) is 5.82 Å². The van der Waals surface area contributed by atoms with Crippen LogP contribution in [0.15, 0.2) is 41.2 Å². The zero-order valence-electron chi connectivity index (χ0n) is 11.1. The standard InChI is InChI=1S/C14H10N6O/c1-8-6-10(9-4-2-3-5-11(9)17-8)14-18-13(20-21-14)12-15-7-16-19-12/h2-7H,1H3,(H,15,16,19). The summed E-state index contributed by atoms with van der Waals surface area (Å²) in [5.41, 5.74) is 2.64. The molecule has 0 aliphatic heterocycles. The van der Waals surface area contributed by atoms with Gasteiger partial charge >= 0.3 is 0 Å². The summed E-state index contributed by atoms with van der Waals surface area (Å²) in [6.45, 7) is 1.93. The molecule has 0 amide bonds. The van der Waals surface area contributed by atoms with Crippen LogP contribution in [0.25, 0.3) is 34.0 Å². The number of rotatable bonds is 2. The molecule has 0 saturated carbocycles. The van der Waals surface area contributed by atoms with E-state index < -0.39 is 0 Å². The van der Waals surface area contributed by atoms with E-state index in [0.29, 0.717) is 17.5 Å². The summed E-state index contributed by atoms with van der Waals surface area (Å²) < 4.78 is 5.36. The Morgan fingerprint density at radius 3 is 2.90 bits per heavy atom. The molecule has 7 nitrogen and oxygen atoms in total. The zero-order chi connectivity index (χ0) is 14.2. The van der Waals surface area contributed by atoms with Gasteiger partial charge in [-0.1, -0.05) is 23.4 Å². The van der Waals surface area contributed by atoms with E-state index in [1.807, 2.05) is 37.3 Å². The predicted octanol–water partition coefficient (Wildman–Crippen LogP) is 2.38. The third-order valence-corrected chi connectivity index (χ3v) is 3.13. The number of benzene rings is 1. The lowest BCUT2D eigenvalue weighted by molar-refractivity contribution is 0.432. The van der Waals surface area contributed by atoms with Crippen molar-refractivity contribution in [1.82, 2.24) is 30.3 Å². The lowest BCUT2D eigenvalue weighted by Gasteiger charge is -2.03. The molecule has 4 rings (SSSR count). The van der Waals surface area contributed by atoms with Gasteiger partial charge in [-0.15, -0.1) is 0 Å². The molecule has 0 aliphatic carbocycles. The lowest BCUT2D eigenvalue weighted by atomic mass is 10.1. The van der Waals surface area contributed by atoms with Crippen LogP contribution in [0.4, 0.5) is 0 Å². The largest absolute Gasteiger partial charge is 0.333 e. The summed E-state index contributed by atoms with van der Waals surface area (Å²) in [5.74, 6) is 1.28.